The Hall–Kier alpha value is -1.06. The molecule has 1 aromatic carbocycles. The summed E-state index contributed by atoms with van der Waals surface area (Å²) in [5.41, 5.74) is 1.06. The number of rotatable bonds is 3. The Bertz CT molecular complexity index is 501. The van der Waals surface area contributed by atoms with Crippen molar-refractivity contribution < 1.29 is 9.90 Å². The molecule has 1 aliphatic rings. The Morgan fingerprint density at radius 3 is 2.85 bits per heavy atom. The molecule has 0 bridgehead atoms. The molecule has 1 N–H and O–H groups in total. The molecule has 0 radical (unpaired) electrons. The van der Waals surface area contributed by atoms with Gasteiger partial charge in [-0.25, -0.2) is 0 Å². The lowest BCUT2D eigenvalue weighted by molar-refractivity contribution is 0.101. The summed E-state index contributed by atoms with van der Waals surface area (Å²) >= 11 is 6.06. The molecule has 3 nitrogen and oxygen atoms in total. The fraction of sp³-hybridized carbons (Fsp3) is 0.562. The topological polar surface area (TPSA) is 40.5 Å². The van der Waals surface area contributed by atoms with E-state index in [-0.39, 0.29) is 11.5 Å². The number of hydrogen-bond donors (Lipinski definition) is 1. The quantitative estimate of drug-likeness (QED) is 0.861. The maximum Gasteiger partial charge on any atom is 0.163 e. The normalized spacial score (nSPS) is 20.6. The van der Waals surface area contributed by atoms with Crippen molar-refractivity contribution in [3.8, 4) is 5.75 Å². The van der Waals surface area contributed by atoms with Gasteiger partial charge >= 0.3 is 0 Å². The van der Waals surface area contributed by atoms with Gasteiger partial charge in [0.05, 0.1) is 5.56 Å². The minimum atomic E-state index is -0.157. The van der Waals surface area contributed by atoms with E-state index in [1.807, 2.05) is 0 Å². The van der Waals surface area contributed by atoms with Crippen LogP contribution in [0.3, 0.4) is 0 Å². The number of carbonyl (C=O) groups is 1. The van der Waals surface area contributed by atoms with Crippen molar-refractivity contribution >= 4 is 17.4 Å². The first kappa shape index (κ1) is 15.3. The van der Waals surface area contributed by atoms with Gasteiger partial charge in [0, 0.05) is 17.1 Å². The lowest BCUT2D eigenvalue weighted by Crippen LogP contribution is -2.24. The molecule has 1 unspecified atom stereocenters. The lowest BCUT2D eigenvalue weighted by Gasteiger charge is -2.21. The Morgan fingerprint density at radius 1 is 1.40 bits per heavy atom. The van der Waals surface area contributed by atoms with Gasteiger partial charge in [0.15, 0.2) is 5.78 Å². The van der Waals surface area contributed by atoms with Crippen LogP contribution in [0.4, 0.5) is 0 Å². The number of Topliss-reactive ketones (excluding diaryl/α,β-unsaturated/α-hetero) is 1. The summed E-state index contributed by atoms with van der Waals surface area (Å²) in [6.07, 6.45) is 3.62. The van der Waals surface area contributed by atoms with Crippen molar-refractivity contribution in [2.75, 3.05) is 13.1 Å². The van der Waals surface area contributed by atoms with Crippen LogP contribution in [0, 0.1) is 5.92 Å². The Balaban J connectivity index is 2.18. The summed E-state index contributed by atoms with van der Waals surface area (Å²) in [4.78, 5) is 13.9. The van der Waals surface area contributed by atoms with Gasteiger partial charge in [-0.15, -0.1) is 0 Å². The highest BCUT2D eigenvalue weighted by Gasteiger charge is 2.18. The highest BCUT2D eigenvalue weighted by Crippen LogP contribution is 2.29. The molecule has 110 valence electrons. The van der Waals surface area contributed by atoms with E-state index in [9.17, 15) is 9.90 Å². The van der Waals surface area contributed by atoms with E-state index in [1.165, 1.54) is 32.3 Å². The molecule has 1 aliphatic heterocycles. The highest BCUT2D eigenvalue weighted by atomic mass is 35.5. The minimum Gasteiger partial charge on any atom is -0.507 e. The van der Waals surface area contributed by atoms with Crippen molar-refractivity contribution in [2.24, 2.45) is 5.92 Å². The first-order chi connectivity index (χ1) is 9.47. The van der Waals surface area contributed by atoms with Gasteiger partial charge < -0.3 is 5.11 Å². The Morgan fingerprint density at radius 2 is 2.15 bits per heavy atom. The number of benzene rings is 1. The van der Waals surface area contributed by atoms with Crippen LogP contribution in [0.1, 0.15) is 49.0 Å². The predicted molar refractivity (Wildman–Crippen MR) is 81.4 cm³/mol. The fourth-order valence-electron chi connectivity index (χ4n) is 2.77. The van der Waals surface area contributed by atoms with Gasteiger partial charge in [-0.3, -0.25) is 9.69 Å². The zero-order chi connectivity index (χ0) is 14.7. The summed E-state index contributed by atoms with van der Waals surface area (Å²) in [5.74, 6) is 0.690. The summed E-state index contributed by atoms with van der Waals surface area (Å²) in [6.45, 7) is 6.45. The zero-order valence-electron chi connectivity index (χ0n) is 12.2. The molecule has 20 heavy (non-hydrogen) atoms. The molecule has 0 saturated carbocycles. The number of carbonyl (C=O) groups excluding carboxylic acids is 1. The average molecular weight is 296 g/mol. The number of hydrogen-bond acceptors (Lipinski definition) is 3. The lowest BCUT2D eigenvalue weighted by atomic mass is 10.0. The van der Waals surface area contributed by atoms with Crippen LogP contribution in [0.2, 0.25) is 5.02 Å². The maximum absolute atomic E-state index is 11.5. The van der Waals surface area contributed by atoms with Gasteiger partial charge in [0.25, 0.3) is 0 Å². The third-order valence-electron chi connectivity index (χ3n) is 4.04. The van der Waals surface area contributed by atoms with Gasteiger partial charge in [-0.1, -0.05) is 18.5 Å². The van der Waals surface area contributed by atoms with Gasteiger partial charge in [0.1, 0.15) is 5.75 Å². The van der Waals surface area contributed by atoms with E-state index in [1.54, 1.807) is 6.07 Å². The van der Waals surface area contributed by atoms with E-state index in [0.29, 0.717) is 17.1 Å². The van der Waals surface area contributed by atoms with Crippen molar-refractivity contribution in [2.45, 2.75) is 39.7 Å². The molecular weight excluding hydrogens is 274 g/mol. The molecule has 0 aliphatic carbocycles. The second kappa shape index (κ2) is 6.59. The molecule has 1 heterocycles. The van der Waals surface area contributed by atoms with Crippen LogP contribution in [-0.4, -0.2) is 28.9 Å². The van der Waals surface area contributed by atoms with E-state index >= 15 is 0 Å². The monoisotopic (exact) mass is 295 g/mol. The SMILES string of the molecule is CC(=O)c1cc(Cl)cc(CN2CCCC(C)CC2)c1O. The second-order valence-corrected chi connectivity index (χ2v) is 6.27. The van der Waals surface area contributed by atoms with Gasteiger partial charge in [0.2, 0.25) is 0 Å². The number of phenolic OH excluding ortho intramolecular Hbond substituents is 1. The van der Waals surface area contributed by atoms with E-state index in [4.69, 9.17) is 11.6 Å². The van der Waals surface area contributed by atoms with Crippen LogP contribution in [-0.2, 0) is 6.54 Å². The van der Waals surface area contributed by atoms with Crippen LogP contribution < -0.4 is 0 Å². The summed E-state index contributed by atoms with van der Waals surface area (Å²) in [5, 5.41) is 10.7. The third kappa shape index (κ3) is 3.74. The Kier molecular flexibility index (Phi) is 5.06. The maximum atomic E-state index is 11.5. The van der Waals surface area contributed by atoms with Crippen molar-refractivity contribution in [1.82, 2.24) is 4.90 Å². The molecule has 0 amide bonds. The van der Waals surface area contributed by atoms with Gasteiger partial charge in [-0.2, -0.15) is 0 Å². The summed E-state index contributed by atoms with van der Waals surface area (Å²) in [6, 6.07) is 3.30. The first-order valence-corrected chi connectivity index (χ1v) is 7.60. The smallest absolute Gasteiger partial charge is 0.163 e. The molecule has 1 atom stereocenters. The zero-order valence-corrected chi connectivity index (χ0v) is 12.9. The number of nitrogens with zero attached hydrogens (tertiary/aromatic N) is 1. The third-order valence-corrected chi connectivity index (χ3v) is 4.25. The van der Waals surface area contributed by atoms with Crippen LogP contribution in [0.15, 0.2) is 12.1 Å². The average Bonchev–Trinajstić information content (AvgIpc) is 2.58. The van der Waals surface area contributed by atoms with Crippen LogP contribution in [0.5, 0.6) is 5.75 Å². The number of ketones is 1. The van der Waals surface area contributed by atoms with Crippen LogP contribution >= 0.6 is 11.6 Å². The predicted octanol–water partition coefficient (Wildman–Crippen LogP) is 3.87. The molecule has 1 aromatic rings. The fourth-order valence-corrected chi connectivity index (χ4v) is 3.01. The van der Waals surface area contributed by atoms with Crippen molar-refractivity contribution in [3.05, 3.63) is 28.3 Å². The molecule has 4 heteroatoms. The van der Waals surface area contributed by atoms with E-state index in [0.717, 1.165) is 24.6 Å². The second-order valence-electron chi connectivity index (χ2n) is 5.83. The summed E-state index contributed by atoms with van der Waals surface area (Å²) < 4.78 is 0. The number of likely N-dealkylation sites (tertiary alicyclic amines) is 1. The first-order valence-electron chi connectivity index (χ1n) is 7.22. The van der Waals surface area contributed by atoms with Gasteiger partial charge in [-0.05, 0) is 57.3 Å². The molecular formula is C16H22ClNO2. The summed E-state index contributed by atoms with van der Waals surface area (Å²) in [7, 11) is 0. The van der Waals surface area contributed by atoms with Crippen molar-refractivity contribution in [1.29, 1.82) is 0 Å². The molecule has 1 saturated heterocycles. The van der Waals surface area contributed by atoms with Crippen molar-refractivity contribution in [3.63, 3.8) is 0 Å². The van der Waals surface area contributed by atoms with E-state index < -0.39 is 0 Å². The van der Waals surface area contributed by atoms with Crippen LogP contribution in [0.25, 0.3) is 0 Å². The highest BCUT2D eigenvalue weighted by molar-refractivity contribution is 6.31. The number of aromatic hydroxyl groups is 1. The number of phenols is 1. The minimum absolute atomic E-state index is 0.0826. The molecule has 1 fully saturated rings. The largest absolute Gasteiger partial charge is 0.507 e. The Labute approximate surface area is 125 Å². The standard InChI is InChI=1S/C16H22ClNO2/c1-11-4-3-6-18(7-5-11)10-13-8-14(17)9-15(12(2)19)16(13)20/h8-9,11,20H,3-7,10H2,1-2H3. The molecule has 0 spiro atoms. The molecule has 2 rings (SSSR count). The van der Waals surface area contributed by atoms with E-state index in [2.05, 4.69) is 11.8 Å². The molecule has 0 aromatic heterocycles. The number of halogens is 1.